The molecule has 1 atom stereocenters. The SMILES string of the molecule is COc1ccccc1NC(=O)CCN1CCCC1c1cc(C)cc(C)c1. The molecule has 4 nitrogen and oxygen atoms in total. The summed E-state index contributed by atoms with van der Waals surface area (Å²) in [5.41, 5.74) is 4.72. The maximum atomic E-state index is 12.4. The Bertz CT molecular complexity index is 752. The number of para-hydroxylation sites is 2. The van der Waals surface area contributed by atoms with E-state index in [1.807, 2.05) is 24.3 Å². The Morgan fingerprint density at radius 1 is 1.19 bits per heavy atom. The molecule has 1 unspecified atom stereocenters. The first-order valence-electron chi connectivity index (χ1n) is 9.32. The minimum Gasteiger partial charge on any atom is -0.495 e. The highest BCUT2D eigenvalue weighted by Gasteiger charge is 2.26. The van der Waals surface area contributed by atoms with E-state index in [4.69, 9.17) is 4.74 Å². The van der Waals surface area contributed by atoms with Crippen LogP contribution in [0.3, 0.4) is 0 Å². The Morgan fingerprint density at radius 3 is 2.65 bits per heavy atom. The van der Waals surface area contributed by atoms with Gasteiger partial charge >= 0.3 is 0 Å². The third-order valence-electron chi connectivity index (χ3n) is 5.00. The number of anilines is 1. The number of nitrogens with one attached hydrogen (secondary N) is 1. The van der Waals surface area contributed by atoms with Crippen molar-refractivity contribution in [1.29, 1.82) is 0 Å². The second-order valence-corrected chi connectivity index (χ2v) is 7.11. The molecule has 2 aromatic carbocycles. The van der Waals surface area contributed by atoms with Crippen LogP contribution < -0.4 is 10.1 Å². The summed E-state index contributed by atoms with van der Waals surface area (Å²) < 4.78 is 5.30. The molecular weight excluding hydrogens is 324 g/mol. The minimum absolute atomic E-state index is 0.0283. The number of aryl methyl sites for hydroxylation is 2. The molecule has 3 rings (SSSR count). The predicted molar refractivity (Wildman–Crippen MR) is 106 cm³/mol. The number of hydrogen-bond donors (Lipinski definition) is 1. The van der Waals surface area contributed by atoms with Crippen LogP contribution in [0.4, 0.5) is 5.69 Å². The van der Waals surface area contributed by atoms with Crippen LogP contribution in [-0.2, 0) is 4.79 Å². The summed E-state index contributed by atoms with van der Waals surface area (Å²) in [6.45, 7) is 6.13. The molecule has 0 spiro atoms. The van der Waals surface area contributed by atoms with Crippen LogP contribution in [0, 0.1) is 13.8 Å². The van der Waals surface area contributed by atoms with Gasteiger partial charge in [-0.15, -0.1) is 0 Å². The van der Waals surface area contributed by atoms with Gasteiger partial charge in [-0.05, 0) is 50.9 Å². The number of nitrogens with zero attached hydrogens (tertiary/aromatic N) is 1. The van der Waals surface area contributed by atoms with E-state index in [0.29, 0.717) is 18.2 Å². The highest BCUT2D eigenvalue weighted by Crippen LogP contribution is 2.33. The third kappa shape index (κ3) is 4.44. The van der Waals surface area contributed by atoms with Crippen molar-refractivity contribution in [3.8, 4) is 5.75 Å². The lowest BCUT2D eigenvalue weighted by Gasteiger charge is -2.25. The lowest BCUT2D eigenvalue weighted by atomic mass is 9.99. The summed E-state index contributed by atoms with van der Waals surface area (Å²) in [6, 6.07) is 14.7. The summed E-state index contributed by atoms with van der Waals surface area (Å²) in [6.07, 6.45) is 2.84. The predicted octanol–water partition coefficient (Wildman–Crippen LogP) is 4.48. The average Bonchev–Trinajstić information content (AvgIpc) is 3.08. The van der Waals surface area contributed by atoms with Crippen molar-refractivity contribution in [3.63, 3.8) is 0 Å². The Kier molecular flexibility index (Phi) is 5.94. The molecule has 0 bridgehead atoms. The zero-order chi connectivity index (χ0) is 18.5. The Labute approximate surface area is 156 Å². The number of carbonyl (C=O) groups excluding carboxylic acids is 1. The smallest absolute Gasteiger partial charge is 0.225 e. The largest absolute Gasteiger partial charge is 0.495 e. The van der Waals surface area contributed by atoms with Crippen molar-refractivity contribution in [2.45, 2.75) is 39.2 Å². The van der Waals surface area contributed by atoms with E-state index >= 15 is 0 Å². The average molecular weight is 352 g/mol. The van der Waals surface area contributed by atoms with Crippen molar-refractivity contribution >= 4 is 11.6 Å². The minimum atomic E-state index is 0.0283. The van der Waals surface area contributed by atoms with Gasteiger partial charge in [0.2, 0.25) is 5.91 Å². The number of methoxy groups -OCH3 is 1. The van der Waals surface area contributed by atoms with Crippen molar-refractivity contribution in [3.05, 3.63) is 59.2 Å². The topological polar surface area (TPSA) is 41.6 Å². The molecule has 1 aliphatic rings. The monoisotopic (exact) mass is 352 g/mol. The summed E-state index contributed by atoms with van der Waals surface area (Å²) in [7, 11) is 1.61. The van der Waals surface area contributed by atoms with Crippen LogP contribution in [0.25, 0.3) is 0 Å². The fraction of sp³-hybridized carbons (Fsp3) is 0.409. The summed E-state index contributed by atoms with van der Waals surface area (Å²) in [5.74, 6) is 0.718. The molecule has 0 radical (unpaired) electrons. The third-order valence-corrected chi connectivity index (χ3v) is 5.00. The van der Waals surface area contributed by atoms with E-state index in [9.17, 15) is 4.79 Å². The molecule has 0 aromatic heterocycles. The lowest BCUT2D eigenvalue weighted by Crippen LogP contribution is -2.27. The summed E-state index contributed by atoms with van der Waals surface area (Å²) >= 11 is 0. The van der Waals surface area contributed by atoms with E-state index in [1.54, 1.807) is 7.11 Å². The molecule has 1 heterocycles. The van der Waals surface area contributed by atoms with Crippen LogP contribution in [0.2, 0.25) is 0 Å². The first kappa shape index (κ1) is 18.5. The molecule has 1 saturated heterocycles. The second-order valence-electron chi connectivity index (χ2n) is 7.11. The van der Waals surface area contributed by atoms with Gasteiger partial charge in [0.1, 0.15) is 5.75 Å². The lowest BCUT2D eigenvalue weighted by molar-refractivity contribution is -0.116. The quantitative estimate of drug-likeness (QED) is 0.833. The van der Waals surface area contributed by atoms with Gasteiger partial charge in [0.15, 0.2) is 0 Å². The summed E-state index contributed by atoms with van der Waals surface area (Å²) in [4.78, 5) is 14.8. The molecule has 26 heavy (non-hydrogen) atoms. The van der Waals surface area contributed by atoms with E-state index in [-0.39, 0.29) is 5.91 Å². The van der Waals surface area contributed by atoms with Crippen LogP contribution >= 0.6 is 0 Å². The van der Waals surface area contributed by atoms with Gasteiger partial charge < -0.3 is 10.1 Å². The Balaban J connectivity index is 1.60. The number of hydrogen-bond acceptors (Lipinski definition) is 3. The first-order chi connectivity index (χ1) is 12.6. The van der Waals surface area contributed by atoms with Crippen LogP contribution in [0.5, 0.6) is 5.75 Å². The second kappa shape index (κ2) is 8.37. The number of rotatable bonds is 6. The molecule has 2 aromatic rings. The highest BCUT2D eigenvalue weighted by atomic mass is 16.5. The zero-order valence-electron chi connectivity index (χ0n) is 15.9. The number of likely N-dealkylation sites (tertiary alicyclic amines) is 1. The van der Waals surface area contributed by atoms with Crippen LogP contribution in [0.15, 0.2) is 42.5 Å². The zero-order valence-corrected chi connectivity index (χ0v) is 15.9. The van der Waals surface area contributed by atoms with Gasteiger partial charge in [-0.25, -0.2) is 0 Å². The van der Waals surface area contributed by atoms with E-state index < -0.39 is 0 Å². The Morgan fingerprint density at radius 2 is 1.92 bits per heavy atom. The van der Waals surface area contributed by atoms with Crippen molar-refractivity contribution < 1.29 is 9.53 Å². The number of ether oxygens (including phenoxy) is 1. The molecular formula is C22H28N2O2. The molecule has 0 saturated carbocycles. The molecule has 138 valence electrons. The number of carbonyl (C=O) groups is 1. The standard InChI is InChI=1S/C22H28N2O2/c1-16-13-17(2)15-18(14-16)20-8-6-11-24(20)12-10-22(25)23-19-7-4-5-9-21(19)26-3/h4-5,7,9,13-15,20H,6,8,10-12H2,1-3H3,(H,23,25). The molecule has 1 amide bonds. The number of amides is 1. The van der Waals surface area contributed by atoms with E-state index in [1.165, 1.54) is 23.1 Å². The van der Waals surface area contributed by atoms with Gasteiger partial charge in [0.25, 0.3) is 0 Å². The molecule has 0 aliphatic carbocycles. The summed E-state index contributed by atoms with van der Waals surface area (Å²) in [5, 5.41) is 2.97. The van der Waals surface area contributed by atoms with E-state index in [2.05, 4.69) is 42.3 Å². The van der Waals surface area contributed by atoms with Gasteiger partial charge in [0.05, 0.1) is 12.8 Å². The van der Waals surface area contributed by atoms with Gasteiger partial charge in [-0.2, -0.15) is 0 Å². The van der Waals surface area contributed by atoms with Gasteiger partial charge in [0, 0.05) is 19.0 Å². The molecule has 1 fully saturated rings. The van der Waals surface area contributed by atoms with Crippen molar-refractivity contribution in [2.24, 2.45) is 0 Å². The maximum Gasteiger partial charge on any atom is 0.225 e. The first-order valence-corrected chi connectivity index (χ1v) is 9.32. The number of benzene rings is 2. The van der Waals surface area contributed by atoms with Crippen molar-refractivity contribution in [2.75, 3.05) is 25.5 Å². The molecule has 4 heteroatoms. The molecule has 1 aliphatic heterocycles. The fourth-order valence-electron chi connectivity index (χ4n) is 3.88. The highest BCUT2D eigenvalue weighted by molar-refractivity contribution is 5.92. The van der Waals surface area contributed by atoms with Crippen molar-refractivity contribution in [1.82, 2.24) is 4.90 Å². The van der Waals surface area contributed by atoms with Gasteiger partial charge in [-0.3, -0.25) is 9.69 Å². The van der Waals surface area contributed by atoms with Crippen LogP contribution in [-0.4, -0.2) is 31.0 Å². The fourth-order valence-corrected chi connectivity index (χ4v) is 3.88. The normalized spacial score (nSPS) is 17.3. The van der Waals surface area contributed by atoms with E-state index in [0.717, 1.165) is 25.2 Å². The van der Waals surface area contributed by atoms with Crippen LogP contribution in [0.1, 0.15) is 42.0 Å². The van der Waals surface area contributed by atoms with Gasteiger partial charge in [-0.1, -0.05) is 41.5 Å². The Hall–Kier alpha value is -2.33. The maximum absolute atomic E-state index is 12.4. The molecule has 1 N–H and O–H groups in total.